The molecule has 3 atom stereocenters. The zero-order valence-electron chi connectivity index (χ0n) is 15.7. The van der Waals surface area contributed by atoms with Crippen molar-refractivity contribution in [1.29, 1.82) is 0 Å². The molecule has 0 bridgehead atoms. The van der Waals surface area contributed by atoms with E-state index in [1.54, 1.807) is 6.07 Å². The minimum absolute atomic E-state index is 0.0179. The molecule has 0 spiro atoms. The number of carbonyl (C=O) groups is 1. The lowest BCUT2D eigenvalue weighted by Gasteiger charge is -2.39. The van der Waals surface area contributed by atoms with Gasteiger partial charge in [-0.1, -0.05) is 12.5 Å². The molecule has 2 fully saturated rings. The van der Waals surface area contributed by atoms with Crippen LogP contribution in [0.25, 0.3) is 0 Å². The molecule has 1 saturated carbocycles. The smallest absolute Gasteiger partial charge is 0.243 e. The molecule has 3 aliphatic rings. The zero-order valence-corrected chi connectivity index (χ0v) is 15.7. The molecular weight excluding hydrogens is 329 g/mol. The summed E-state index contributed by atoms with van der Waals surface area (Å²) in [5, 5.41) is 6.50. The maximum atomic E-state index is 14.0. The van der Waals surface area contributed by atoms with E-state index in [1.807, 2.05) is 6.92 Å². The number of hydrogen-bond donors (Lipinski definition) is 2. The van der Waals surface area contributed by atoms with Crippen LogP contribution in [0.1, 0.15) is 56.1 Å². The first kappa shape index (κ1) is 17.8. The second-order valence-electron chi connectivity index (χ2n) is 8.24. The van der Waals surface area contributed by atoms with Gasteiger partial charge in [0.05, 0.1) is 0 Å². The summed E-state index contributed by atoms with van der Waals surface area (Å²) in [4.78, 5) is 15.4. The maximum absolute atomic E-state index is 14.0. The lowest BCUT2D eigenvalue weighted by molar-refractivity contribution is -0.122. The quantitative estimate of drug-likeness (QED) is 0.870. The maximum Gasteiger partial charge on any atom is 0.243 e. The Bertz CT molecular complexity index is 640. The number of fused-ring (bicyclic) bond motifs is 1. The molecule has 1 amide bonds. The lowest BCUT2D eigenvalue weighted by Crippen LogP contribution is -2.50. The van der Waals surface area contributed by atoms with Crippen LogP contribution in [0.15, 0.2) is 12.1 Å². The average molecular weight is 359 g/mol. The van der Waals surface area contributed by atoms with Gasteiger partial charge in [-0.05, 0) is 70.2 Å². The van der Waals surface area contributed by atoms with Gasteiger partial charge in [0.15, 0.2) is 0 Å². The minimum atomic E-state index is -0.351. The largest absolute Gasteiger partial charge is 0.373 e. The SMILES string of the molecule is Cc1ccc(F)c2c1NC(C(=O)N[C@@H]1CCC[C@@H](N3CCCCC3)C1)C2. The molecule has 5 heteroatoms. The number of halogens is 1. The molecule has 1 aromatic rings. The summed E-state index contributed by atoms with van der Waals surface area (Å²) in [6, 6.07) is 3.78. The first-order valence-electron chi connectivity index (χ1n) is 10.2. The zero-order chi connectivity index (χ0) is 18.1. The van der Waals surface area contributed by atoms with Gasteiger partial charge in [0.1, 0.15) is 11.9 Å². The Morgan fingerprint density at radius 3 is 2.77 bits per heavy atom. The van der Waals surface area contributed by atoms with Gasteiger partial charge < -0.3 is 15.5 Å². The molecule has 2 aliphatic heterocycles. The van der Waals surface area contributed by atoms with Crippen LogP contribution < -0.4 is 10.6 Å². The van der Waals surface area contributed by atoms with Crippen LogP contribution in [0.4, 0.5) is 10.1 Å². The summed E-state index contributed by atoms with van der Waals surface area (Å²) in [6.07, 6.45) is 8.96. The van der Waals surface area contributed by atoms with Gasteiger partial charge in [-0.25, -0.2) is 4.39 Å². The molecule has 4 rings (SSSR count). The van der Waals surface area contributed by atoms with Crippen molar-refractivity contribution in [3.63, 3.8) is 0 Å². The van der Waals surface area contributed by atoms with Crippen molar-refractivity contribution in [1.82, 2.24) is 10.2 Å². The number of rotatable bonds is 3. The third-order valence-electron chi connectivity index (χ3n) is 6.41. The van der Waals surface area contributed by atoms with Crippen LogP contribution in [-0.2, 0) is 11.2 Å². The first-order chi connectivity index (χ1) is 12.6. The second-order valence-corrected chi connectivity index (χ2v) is 8.24. The van der Waals surface area contributed by atoms with Crippen LogP contribution in [0.2, 0.25) is 0 Å². The van der Waals surface area contributed by atoms with Gasteiger partial charge in [-0.15, -0.1) is 0 Å². The number of carbonyl (C=O) groups excluding carboxylic acids is 1. The predicted octanol–water partition coefficient (Wildman–Crippen LogP) is 3.38. The van der Waals surface area contributed by atoms with Crippen LogP contribution in [0.3, 0.4) is 0 Å². The van der Waals surface area contributed by atoms with Crippen molar-refractivity contribution in [2.24, 2.45) is 0 Å². The molecule has 142 valence electrons. The number of nitrogens with zero attached hydrogens (tertiary/aromatic N) is 1. The van der Waals surface area contributed by atoms with E-state index >= 15 is 0 Å². The van der Waals surface area contributed by atoms with E-state index in [2.05, 4.69) is 15.5 Å². The fourth-order valence-corrected chi connectivity index (χ4v) is 4.94. The Morgan fingerprint density at radius 1 is 1.19 bits per heavy atom. The predicted molar refractivity (Wildman–Crippen MR) is 102 cm³/mol. The van der Waals surface area contributed by atoms with Gasteiger partial charge >= 0.3 is 0 Å². The Labute approximate surface area is 155 Å². The van der Waals surface area contributed by atoms with Crippen molar-refractivity contribution in [3.8, 4) is 0 Å². The third-order valence-corrected chi connectivity index (χ3v) is 6.41. The topological polar surface area (TPSA) is 44.4 Å². The number of aryl methyl sites for hydroxylation is 1. The molecule has 4 nitrogen and oxygen atoms in total. The number of anilines is 1. The highest BCUT2D eigenvalue weighted by molar-refractivity contribution is 5.88. The van der Waals surface area contributed by atoms with Gasteiger partial charge in [-0.2, -0.15) is 0 Å². The van der Waals surface area contributed by atoms with Gasteiger partial charge in [0, 0.05) is 29.8 Å². The minimum Gasteiger partial charge on any atom is -0.373 e. The summed E-state index contributed by atoms with van der Waals surface area (Å²) in [7, 11) is 0. The van der Waals surface area contributed by atoms with E-state index in [0.717, 1.165) is 24.1 Å². The van der Waals surface area contributed by atoms with Crippen LogP contribution in [-0.4, -0.2) is 42.0 Å². The molecule has 26 heavy (non-hydrogen) atoms. The van der Waals surface area contributed by atoms with Crippen molar-refractivity contribution in [3.05, 3.63) is 29.1 Å². The fourth-order valence-electron chi connectivity index (χ4n) is 4.94. The highest BCUT2D eigenvalue weighted by Gasteiger charge is 2.33. The Balaban J connectivity index is 1.35. The molecule has 0 aromatic heterocycles. The number of hydrogen-bond acceptors (Lipinski definition) is 3. The number of piperidine rings is 1. The van der Waals surface area contributed by atoms with E-state index in [9.17, 15) is 9.18 Å². The summed E-state index contributed by atoms with van der Waals surface area (Å²) in [5.74, 6) is -0.194. The van der Waals surface area contributed by atoms with Crippen molar-refractivity contribution in [2.75, 3.05) is 18.4 Å². The summed E-state index contributed by atoms with van der Waals surface area (Å²) >= 11 is 0. The van der Waals surface area contributed by atoms with Gasteiger partial charge in [-0.3, -0.25) is 4.79 Å². The van der Waals surface area contributed by atoms with Crippen molar-refractivity contribution >= 4 is 11.6 Å². The summed E-state index contributed by atoms with van der Waals surface area (Å²) in [5.41, 5.74) is 2.46. The Hall–Kier alpha value is -1.62. The van der Waals surface area contributed by atoms with E-state index in [1.165, 1.54) is 51.3 Å². The number of amides is 1. The van der Waals surface area contributed by atoms with E-state index < -0.39 is 0 Å². The molecule has 2 heterocycles. The molecular formula is C21H30FN3O. The van der Waals surface area contributed by atoms with Crippen LogP contribution in [0.5, 0.6) is 0 Å². The van der Waals surface area contributed by atoms with E-state index in [0.29, 0.717) is 18.0 Å². The monoisotopic (exact) mass is 359 g/mol. The van der Waals surface area contributed by atoms with Gasteiger partial charge in [0.2, 0.25) is 5.91 Å². The molecule has 2 N–H and O–H groups in total. The van der Waals surface area contributed by atoms with Crippen molar-refractivity contribution in [2.45, 2.75) is 76.4 Å². The number of likely N-dealkylation sites (tertiary alicyclic amines) is 1. The fraction of sp³-hybridized carbons (Fsp3) is 0.667. The normalized spacial score (nSPS) is 29.1. The number of nitrogens with one attached hydrogen (secondary N) is 2. The Kier molecular flexibility index (Phi) is 5.16. The summed E-state index contributed by atoms with van der Waals surface area (Å²) in [6.45, 7) is 4.38. The average Bonchev–Trinajstić information content (AvgIpc) is 3.13. The summed E-state index contributed by atoms with van der Waals surface area (Å²) < 4.78 is 14.0. The Morgan fingerprint density at radius 2 is 2.00 bits per heavy atom. The van der Waals surface area contributed by atoms with Crippen LogP contribution in [0, 0.1) is 12.7 Å². The molecule has 1 unspecified atom stereocenters. The van der Waals surface area contributed by atoms with Crippen LogP contribution >= 0.6 is 0 Å². The van der Waals surface area contributed by atoms with E-state index in [-0.39, 0.29) is 23.8 Å². The van der Waals surface area contributed by atoms with E-state index in [4.69, 9.17) is 0 Å². The van der Waals surface area contributed by atoms with Gasteiger partial charge in [0.25, 0.3) is 0 Å². The second kappa shape index (κ2) is 7.55. The molecule has 0 radical (unpaired) electrons. The highest BCUT2D eigenvalue weighted by atomic mass is 19.1. The third kappa shape index (κ3) is 3.59. The molecule has 1 saturated heterocycles. The molecule has 1 aromatic carbocycles. The standard InChI is InChI=1S/C21H30FN3O/c1-14-8-9-18(22)17-13-19(24-20(14)17)21(26)23-15-6-5-7-16(12-15)25-10-3-2-4-11-25/h8-9,15-16,19,24H,2-7,10-13H2,1H3,(H,23,26)/t15-,16-,19?/m1/s1. The first-order valence-corrected chi connectivity index (χ1v) is 10.2. The highest BCUT2D eigenvalue weighted by Crippen LogP contribution is 2.32. The lowest BCUT2D eigenvalue weighted by atomic mass is 9.88. The molecule has 1 aliphatic carbocycles. The van der Waals surface area contributed by atoms with Crippen molar-refractivity contribution < 1.29 is 9.18 Å². The number of benzene rings is 1.